The highest BCUT2D eigenvalue weighted by Crippen LogP contribution is 2.19. The van der Waals surface area contributed by atoms with E-state index in [1.54, 1.807) is 4.68 Å². The molecule has 1 aliphatic rings. The van der Waals surface area contributed by atoms with Crippen molar-refractivity contribution in [3.05, 3.63) is 36.2 Å². The Morgan fingerprint density at radius 3 is 2.68 bits per heavy atom. The smallest absolute Gasteiger partial charge is 0.237 e. The Morgan fingerprint density at radius 1 is 1.32 bits per heavy atom. The van der Waals surface area contributed by atoms with Gasteiger partial charge in [-0.25, -0.2) is 0 Å². The Labute approximate surface area is 152 Å². The molecule has 0 saturated carbocycles. The fraction of sp³-hybridized carbons (Fsp3) is 0.500. The zero-order chi connectivity index (χ0) is 16.9. The van der Waals surface area contributed by atoms with Gasteiger partial charge in [-0.1, -0.05) is 18.2 Å². The van der Waals surface area contributed by atoms with Gasteiger partial charge in [0.05, 0.1) is 17.8 Å². The molecule has 0 aliphatic carbocycles. The molecule has 0 bridgehead atoms. The van der Waals surface area contributed by atoms with Crippen molar-refractivity contribution in [2.24, 2.45) is 11.7 Å². The summed E-state index contributed by atoms with van der Waals surface area (Å²) in [6.45, 7) is 3.17. The number of tetrazole rings is 1. The van der Waals surface area contributed by atoms with Gasteiger partial charge in [-0.15, -0.1) is 17.5 Å². The molecule has 1 aromatic carbocycles. The highest BCUT2D eigenvalue weighted by Gasteiger charge is 2.28. The second-order valence-corrected chi connectivity index (χ2v) is 5.99. The summed E-state index contributed by atoms with van der Waals surface area (Å²) in [4.78, 5) is 12.4. The molecule has 0 radical (unpaired) electrons. The minimum absolute atomic E-state index is 0. The number of para-hydroxylation sites is 1. The molecule has 1 saturated heterocycles. The van der Waals surface area contributed by atoms with Gasteiger partial charge in [0, 0.05) is 13.2 Å². The number of ether oxygens (including phenoxy) is 1. The number of aromatic nitrogens is 4. The van der Waals surface area contributed by atoms with Crippen LogP contribution in [0.15, 0.2) is 30.3 Å². The third kappa shape index (κ3) is 4.53. The van der Waals surface area contributed by atoms with E-state index in [4.69, 9.17) is 10.5 Å². The quantitative estimate of drug-likeness (QED) is 0.817. The standard InChI is InChI=1S/C16H22N6O2.ClH/c1-11(18-16(23)14(17)12-7-9-24-10-8-12)15-19-20-21-22(15)13-5-3-2-4-6-13;/h2-6,11-12,14H,7-10,17H2,1H3,(H,18,23);1H. The lowest BCUT2D eigenvalue weighted by Gasteiger charge is -2.27. The summed E-state index contributed by atoms with van der Waals surface area (Å²) in [6, 6.07) is 8.66. The Hall–Kier alpha value is -2.03. The molecule has 9 heteroatoms. The van der Waals surface area contributed by atoms with Crippen LogP contribution in [0, 0.1) is 5.92 Å². The third-order valence-electron chi connectivity index (χ3n) is 4.32. The van der Waals surface area contributed by atoms with E-state index in [1.807, 2.05) is 37.3 Å². The van der Waals surface area contributed by atoms with E-state index in [1.165, 1.54) is 0 Å². The van der Waals surface area contributed by atoms with Gasteiger partial charge in [-0.05, 0) is 48.2 Å². The maximum atomic E-state index is 12.4. The first-order valence-corrected chi connectivity index (χ1v) is 8.14. The van der Waals surface area contributed by atoms with Crippen LogP contribution >= 0.6 is 12.4 Å². The minimum atomic E-state index is -0.544. The SMILES string of the molecule is CC(NC(=O)C(N)C1CCOCC1)c1nnnn1-c1ccccc1.Cl. The van der Waals surface area contributed by atoms with Gasteiger partial charge in [0.2, 0.25) is 5.91 Å². The summed E-state index contributed by atoms with van der Waals surface area (Å²) in [5.41, 5.74) is 6.96. The largest absolute Gasteiger partial charge is 0.381 e. The lowest BCUT2D eigenvalue weighted by molar-refractivity contribution is -0.125. The molecule has 25 heavy (non-hydrogen) atoms. The summed E-state index contributed by atoms with van der Waals surface area (Å²) in [6.07, 6.45) is 1.62. The van der Waals surface area contributed by atoms with Crippen molar-refractivity contribution in [2.75, 3.05) is 13.2 Å². The van der Waals surface area contributed by atoms with Gasteiger partial charge >= 0.3 is 0 Å². The fourth-order valence-corrected chi connectivity index (χ4v) is 2.88. The van der Waals surface area contributed by atoms with E-state index in [-0.39, 0.29) is 30.3 Å². The van der Waals surface area contributed by atoms with Crippen LogP contribution in [-0.2, 0) is 9.53 Å². The number of hydrogen-bond acceptors (Lipinski definition) is 6. The monoisotopic (exact) mass is 366 g/mol. The number of nitrogens with two attached hydrogens (primary N) is 1. The highest BCUT2D eigenvalue weighted by atomic mass is 35.5. The second kappa shape index (κ2) is 8.89. The van der Waals surface area contributed by atoms with Gasteiger partial charge in [0.15, 0.2) is 5.82 Å². The minimum Gasteiger partial charge on any atom is -0.381 e. The number of hydrogen-bond donors (Lipinski definition) is 2. The van der Waals surface area contributed by atoms with Crippen LogP contribution in [-0.4, -0.2) is 45.4 Å². The van der Waals surface area contributed by atoms with Crippen molar-refractivity contribution in [3.8, 4) is 5.69 Å². The molecule has 1 aliphatic heterocycles. The Kier molecular flexibility index (Phi) is 6.86. The summed E-state index contributed by atoms with van der Waals surface area (Å²) < 4.78 is 6.93. The molecule has 8 nitrogen and oxygen atoms in total. The molecule has 1 aromatic heterocycles. The molecule has 2 unspecified atom stereocenters. The first-order valence-electron chi connectivity index (χ1n) is 8.14. The van der Waals surface area contributed by atoms with Crippen LogP contribution in [0.2, 0.25) is 0 Å². The maximum Gasteiger partial charge on any atom is 0.237 e. The number of halogens is 1. The van der Waals surface area contributed by atoms with E-state index in [0.717, 1.165) is 18.5 Å². The van der Waals surface area contributed by atoms with Crippen molar-refractivity contribution >= 4 is 18.3 Å². The first kappa shape index (κ1) is 19.3. The number of carbonyl (C=O) groups excluding carboxylic acids is 1. The molecule has 2 aromatic rings. The first-order chi connectivity index (χ1) is 11.7. The van der Waals surface area contributed by atoms with E-state index in [9.17, 15) is 4.79 Å². The van der Waals surface area contributed by atoms with Gasteiger partial charge in [-0.3, -0.25) is 4.79 Å². The Morgan fingerprint density at radius 2 is 2.00 bits per heavy atom. The summed E-state index contributed by atoms with van der Waals surface area (Å²) in [5.74, 6) is 0.529. The van der Waals surface area contributed by atoms with Gasteiger partial charge in [0.1, 0.15) is 0 Å². The predicted molar refractivity (Wildman–Crippen MR) is 94.5 cm³/mol. The van der Waals surface area contributed by atoms with Crippen molar-refractivity contribution in [1.29, 1.82) is 0 Å². The van der Waals surface area contributed by atoms with Gasteiger partial charge in [-0.2, -0.15) is 4.68 Å². The zero-order valence-corrected chi connectivity index (χ0v) is 14.9. The van der Waals surface area contributed by atoms with E-state index in [2.05, 4.69) is 20.8 Å². The average Bonchev–Trinajstić information content (AvgIpc) is 3.12. The Bertz CT molecular complexity index is 674. The van der Waals surface area contributed by atoms with Crippen molar-refractivity contribution < 1.29 is 9.53 Å². The predicted octanol–water partition coefficient (Wildman–Crippen LogP) is 1.02. The fourth-order valence-electron chi connectivity index (χ4n) is 2.88. The number of nitrogens with one attached hydrogen (secondary N) is 1. The molecular formula is C16H23ClN6O2. The second-order valence-electron chi connectivity index (χ2n) is 5.99. The number of nitrogens with zero attached hydrogens (tertiary/aromatic N) is 4. The lowest BCUT2D eigenvalue weighted by atomic mass is 9.91. The van der Waals surface area contributed by atoms with Gasteiger partial charge in [0.25, 0.3) is 0 Å². The maximum absolute atomic E-state index is 12.4. The van der Waals surface area contributed by atoms with Crippen LogP contribution < -0.4 is 11.1 Å². The van der Waals surface area contributed by atoms with Gasteiger partial charge < -0.3 is 15.8 Å². The lowest BCUT2D eigenvalue weighted by Crippen LogP contribution is -2.48. The van der Waals surface area contributed by atoms with Crippen molar-refractivity contribution in [3.63, 3.8) is 0 Å². The molecular weight excluding hydrogens is 344 g/mol. The number of benzene rings is 1. The molecule has 3 rings (SSSR count). The Balaban J connectivity index is 0.00000225. The van der Waals surface area contributed by atoms with E-state index in [0.29, 0.717) is 19.0 Å². The number of rotatable bonds is 5. The summed E-state index contributed by atoms with van der Waals surface area (Å²) in [7, 11) is 0. The topological polar surface area (TPSA) is 108 Å². The highest BCUT2D eigenvalue weighted by molar-refractivity contribution is 5.85. The normalized spacial score (nSPS) is 17.4. The molecule has 1 amide bonds. The number of carbonyl (C=O) groups is 1. The zero-order valence-electron chi connectivity index (χ0n) is 14.0. The van der Waals surface area contributed by atoms with Crippen LogP contribution in [0.3, 0.4) is 0 Å². The van der Waals surface area contributed by atoms with Crippen LogP contribution in [0.25, 0.3) is 5.69 Å². The summed E-state index contributed by atoms with van der Waals surface area (Å²) in [5, 5.41) is 14.7. The molecule has 2 heterocycles. The molecule has 2 atom stereocenters. The van der Waals surface area contributed by atoms with E-state index < -0.39 is 6.04 Å². The summed E-state index contributed by atoms with van der Waals surface area (Å²) >= 11 is 0. The van der Waals surface area contributed by atoms with Crippen LogP contribution in [0.5, 0.6) is 0 Å². The number of amides is 1. The molecule has 136 valence electrons. The van der Waals surface area contributed by atoms with Crippen molar-refractivity contribution in [2.45, 2.75) is 31.8 Å². The molecule has 0 spiro atoms. The van der Waals surface area contributed by atoms with Crippen molar-refractivity contribution in [1.82, 2.24) is 25.5 Å². The van der Waals surface area contributed by atoms with Crippen LogP contribution in [0.1, 0.15) is 31.6 Å². The molecule has 1 fully saturated rings. The van der Waals surface area contributed by atoms with E-state index >= 15 is 0 Å². The third-order valence-corrected chi connectivity index (χ3v) is 4.32. The van der Waals surface area contributed by atoms with Crippen LogP contribution in [0.4, 0.5) is 0 Å². The molecule has 3 N–H and O–H groups in total. The average molecular weight is 367 g/mol.